The van der Waals surface area contributed by atoms with E-state index in [1.807, 2.05) is 11.8 Å². The molecule has 2 spiro atoms. The molecule has 4 aliphatic carbocycles. The molecule has 5 unspecified atom stereocenters. The molecule has 0 aromatic carbocycles. The molecule has 42 heavy (non-hydrogen) atoms. The normalized spacial score (nSPS) is 40.5. The molecule has 4 saturated carbocycles. The number of rotatable bonds is 8. The van der Waals surface area contributed by atoms with Gasteiger partial charge in [-0.3, -0.25) is 24.1 Å². The first kappa shape index (κ1) is 32.5. The van der Waals surface area contributed by atoms with E-state index >= 15 is 0 Å². The Hall–Kier alpha value is -2.44. The van der Waals surface area contributed by atoms with Crippen molar-refractivity contribution in [2.75, 3.05) is 19.6 Å². The third-order valence-corrected chi connectivity index (χ3v) is 12.2. The summed E-state index contributed by atoms with van der Waals surface area (Å²) in [6.45, 7) is 15.6. The van der Waals surface area contributed by atoms with Gasteiger partial charge < -0.3 is 20.9 Å². The van der Waals surface area contributed by atoms with Crippen LogP contribution in [-0.4, -0.2) is 66.4 Å². The second-order valence-corrected chi connectivity index (χ2v) is 14.7. The highest BCUT2D eigenvalue weighted by Crippen LogP contribution is 2.87. The van der Waals surface area contributed by atoms with Gasteiger partial charge in [-0.25, -0.2) is 0 Å². The Morgan fingerprint density at radius 3 is 2.36 bits per heavy atom. The number of terminal acetylenes is 1. The number of nitrogens with zero attached hydrogens (tertiary/aromatic N) is 1. The molecule has 5 fully saturated rings. The molecule has 5 aliphatic rings. The molecule has 4 N–H and O–H groups in total. The van der Waals surface area contributed by atoms with E-state index in [4.69, 9.17) is 20.9 Å². The van der Waals surface area contributed by atoms with Crippen LogP contribution in [0.2, 0.25) is 0 Å². The summed E-state index contributed by atoms with van der Waals surface area (Å²) in [5, 5.41) is 0. The highest BCUT2D eigenvalue weighted by molar-refractivity contribution is 5.91. The van der Waals surface area contributed by atoms with Crippen molar-refractivity contribution in [1.29, 1.82) is 0 Å². The number of hydrogen-bond donors (Lipinski definition) is 2. The number of ether oxygens (including phenoxy) is 2. The first-order valence-corrected chi connectivity index (χ1v) is 15.6. The van der Waals surface area contributed by atoms with Crippen LogP contribution in [0.4, 0.5) is 0 Å². The van der Waals surface area contributed by atoms with Crippen molar-refractivity contribution in [2.45, 2.75) is 105 Å². The highest BCUT2D eigenvalue weighted by atomic mass is 16.6. The Kier molecular flexibility index (Phi) is 8.69. The summed E-state index contributed by atoms with van der Waals surface area (Å²) >= 11 is 0. The maximum atomic E-state index is 13.4. The monoisotopic (exact) mass is 585 g/mol. The fourth-order valence-corrected chi connectivity index (χ4v) is 9.89. The number of primary amides is 1. The van der Waals surface area contributed by atoms with Crippen LogP contribution in [0.3, 0.4) is 0 Å². The summed E-state index contributed by atoms with van der Waals surface area (Å²) < 4.78 is 11.9. The lowest BCUT2D eigenvalue weighted by Gasteiger charge is -2.85. The third-order valence-electron chi connectivity index (χ3n) is 12.2. The van der Waals surface area contributed by atoms with Crippen molar-refractivity contribution in [3.63, 3.8) is 0 Å². The van der Waals surface area contributed by atoms with Crippen LogP contribution in [0.1, 0.15) is 87.0 Å². The van der Waals surface area contributed by atoms with Crippen molar-refractivity contribution in [1.82, 2.24) is 4.90 Å². The molecule has 9 atom stereocenters. The van der Waals surface area contributed by atoms with Crippen molar-refractivity contribution in [3.05, 3.63) is 0 Å². The maximum Gasteiger partial charge on any atom is 0.309 e. The summed E-state index contributed by atoms with van der Waals surface area (Å²) in [4.78, 5) is 52.5. The van der Waals surface area contributed by atoms with Gasteiger partial charge in [-0.05, 0) is 61.2 Å². The van der Waals surface area contributed by atoms with Crippen LogP contribution in [-0.2, 0) is 28.7 Å². The van der Waals surface area contributed by atoms with Crippen LogP contribution in [0.15, 0.2) is 0 Å². The Bertz CT molecular complexity index is 1160. The standard InChI is InChI=1S/C30H47N3O6.C3H4/c1-7-18(25(37)38-19-12-33(13-19)14-22(31)35)10-23(36)39-21-11-27(4,5)24(32)16(2)29-9-8-20(34)30(15-29)17(3)28(21,6)26(29)30;1-3-2/h16-19,21,24,26H,7-15,32H2,1-6H3,(H2,31,35);1H,2H3/t16-,17?,18-,21+,24?,26?,28-,29?,30?;/m0./s1. The highest BCUT2D eigenvalue weighted by Gasteiger charge is 2.87. The quantitative estimate of drug-likeness (QED) is 0.327. The maximum absolute atomic E-state index is 13.4. The molecular weight excluding hydrogens is 534 g/mol. The fraction of sp³-hybridized carbons (Fsp3) is 0.818. The number of nitrogens with two attached hydrogens (primary N) is 2. The smallest absolute Gasteiger partial charge is 0.309 e. The van der Waals surface area contributed by atoms with Crippen LogP contribution >= 0.6 is 0 Å². The van der Waals surface area contributed by atoms with E-state index < -0.39 is 23.8 Å². The first-order valence-electron chi connectivity index (χ1n) is 15.6. The Morgan fingerprint density at radius 1 is 1.17 bits per heavy atom. The molecule has 0 aromatic heterocycles. The predicted octanol–water partition coefficient (Wildman–Crippen LogP) is 3.07. The molecule has 0 radical (unpaired) electrons. The van der Waals surface area contributed by atoms with E-state index in [2.05, 4.69) is 47.0 Å². The summed E-state index contributed by atoms with van der Waals surface area (Å²) in [6.07, 6.45) is 7.37. The summed E-state index contributed by atoms with van der Waals surface area (Å²) in [7, 11) is 0. The second-order valence-electron chi connectivity index (χ2n) is 14.7. The molecule has 1 saturated heterocycles. The van der Waals surface area contributed by atoms with Gasteiger partial charge in [-0.1, -0.05) is 41.5 Å². The van der Waals surface area contributed by atoms with Crippen LogP contribution in [0.25, 0.3) is 0 Å². The van der Waals surface area contributed by atoms with Crippen molar-refractivity contribution < 1.29 is 28.7 Å². The Morgan fingerprint density at radius 2 is 1.79 bits per heavy atom. The zero-order valence-corrected chi connectivity index (χ0v) is 26.5. The van der Waals surface area contributed by atoms with E-state index in [-0.39, 0.29) is 70.6 Å². The second kappa shape index (κ2) is 11.2. The molecule has 1 heterocycles. The molecule has 9 nitrogen and oxygen atoms in total. The lowest BCUT2D eigenvalue weighted by molar-refractivity contribution is -0.373. The van der Waals surface area contributed by atoms with Crippen LogP contribution in [0.5, 0.6) is 0 Å². The summed E-state index contributed by atoms with van der Waals surface area (Å²) in [6, 6.07) is -0.0691. The lowest BCUT2D eigenvalue weighted by atomic mass is 9.17. The number of Topliss-reactive ketones (excluding diaryl/α,β-unsaturated/α-hetero) is 1. The minimum Gasteiger partial charge on any atom is -0.462 e. The average Bonchev–Trinajstić information content (AvgIpc) is 2.88. The van der Waals surface area contributed by atoms with Gasteiger partial charge in [0.25, 0.3) is 0 Å². The number of carbonyl (C=O) groups excluding carboxylic acids is 4. The van der Waals surface area contributed by atoms with E-state index in [9.17, 15) is 19.2 Å². The summed E-state index contributed by atoms with van der Waals surface area (Å²) in [5.41, 5.74) is 11.3. The molecule has 9 heteroatoms. The van der Waals surface area contributed by atoms with Gasteiger partial charge in [0.15, 0.2) is 0 Å². The Labute approximate surface area is 251 Å². The molecule has 1 amide bonds. The number of hydrogen-bond acceptors (Lipinski definition) is 8. The van der Waals surface area contributed by atoms with Gasteiger partial charge >= 0.3 is 11.9 Å². The molecule has 5 rings (SSSR count). The Balaban J connectivity index is 0.00000129. The topological polar surface area (TPSA) is 142 Å². The predicted molar refractivity (Wildman–Crippen MR) is 158 cm³/mol. The van der Waals surface area contributed by atoms with Gasteiger partial charge in [-0.15, -0.1) is 12.3 Å². The fourth-order valence-electron chi connectivity index (χ4n) is 9.89. The van der Waals surface area contributed by atoms with Gasteiger partial charge in [0.1, 0.15) is 18.0 Å². The molecule has 234 valence electrons. The molecular formula is C33H51N3O6. The molecule has 1 aliphatic heterocycles. The number of esters is 2. The minimum atomic E-state index is -0.597. The van der Waals surface area contributed by atoms with Crippen LogP contribution in [0, 0.1) is 57.7 Å². The molecule has 2 bridgehead atoms. The van der Waals surface area contributed by atoms with E-state index in [1.165, 1.54) is 0 Å². The average molecular weight is 586 g/mol. The van der Waals surface area contributed by atoms with Crippen LogP contribution < -0.4 is 11.5 Å². The van der Waals surface area contributed by atoms with Gasteiger partial charge in [0.05, 0.1) is 18.9 Å². The number of amides is 1. The van der Waals surface area contributed by atoms with Gasteiger partial charge in [-0.2, -0.15) is 0 Å². The molecule has 0 aromatic rings. The minimum absolute atomic E-state index is 0.0118. The largest absolute Gasteiger partial charge is 0.462 e. The number of likely N-dealkylation sites (tertiary alicyclic amines) is 1. The van der Waals surface area contributed by atoms with E-state index in [0.29, 0.717) is 38.1 Å². The van der Waals surface area contributed by atoms with Gasteiger partial charge in [0, 0.05) is 36.4 Å². The first-order chi connectivity index (χ1) is 19.5. The van der Waals surface area contributed by atoms with Crippen molar-refractivity contribution in [2.24, 2.45) is 56.8 Å². The lowest BCUT2D eigenvalue weighted by Crippen LogP contribution is -2.86. The van der Waals surface area contributed by atoms with E-state index in [1.54, 1.807) is 6.92 Å². The zero-order chi connectivity index (χ0) is 31.4. The number of carbonyl (C=O) groups is 4. The third kappa shape index (κ3) is 4.77. The summed E-state index contributed by atoms with van der Waals surface area (Å²) in [5.74, 6) is 1.40. The zero-order valence-electron chi connectivity index (χ0n) is 26.5. The van der Waals surface area contributed by atoms with Crippen molar-refractivity contribution >= 4 is 23.6 Å². The van der Waals surface area contributed by atoms with Gasteiger partial charge in [0.2, 0.25) is 5.91 Å². The SMILES string of the molecule is C#CC.CC[C@@H](CC(=O)O[C@@H]1CC(C)(C)C(N)[C@H](C)C23CCC(=O)C4(C2)C(C)[C@]1(C)C43)C(=O)OC1CN(CC(N)=O)C1. The number of ketones is 1. The van der Waals surface area contributed by atoms with E-state index in [0.717, 1.165) is 12.8 Å². The van der Waals surface area contributed by atoms with Crippen molar-refractivity contribution in [3.8, 4) is 12.3 Å².